The van der Waals surface area contributed by atoms with E-state index in [4.69, 9.17) is 0 Å². The van der Waals surface area contributed by atoms with E-state index in [0.29, 0.717) is 0 Å². The number of amides is 1. The van der Waals surface area contributed by atoms with Gasteiger partial charge in [0.25, 0.3) is 0 Å². The molecule has 21 heavy (non-hydrogen) atoms. The Kier molecular flexibility index (Phi) is 6.21. The molecular formula is C17H26N2O2. The maximum absolute atomic E-state index is 12.4. The summed E-state index contributed by atoms with van der Waals surface area (Å²) in [5.41, 5.74) is 0.955. The molecule has 1 unspecified atom stereocenters. The second kappa shape index (κ2) is 8.15. The topological polar surface area (TPSA) is 52.6 Å². The minimum Gasteiger partial charge on any atom is -0.394 e. The van der Waals surface area contributed by atoms with Gasteiger partial charge in [-0.05, 0) is 44.5 Å². The van der Waals surface area contributed by atoms with Gasteiger partial charge in [0.15, 0.2) is 0 Å². The van der Waals surface area contributed by atoms with Gasteiger partial charge in [0, 0.05) is 5.92 Å². The molecule has 1 heterocycles. The number of aliphatic hydroxyl groups is 1. The summed E-state index contributed by atoms with van der Waals surface area (Å²) in [7, 11) is 0. The van der Waals surface area contributed by atoms with Crippen LogP contribution in [0.3, 0.4) is 0 Å². The lowest BCUT2D eigenvalue weighted by Gasteiger charge is -2.31. The smallest absolute Gasteiger partial charge is 0.223 e. The number of benzene rings is 1. The van der Waals surface area contributed by atoms with Crippen LogP contribution in [0.15, 0.2) is 30.3 Å². The molecule has 1 saturated heterocycles. The Balaban J connectivity index is 1.86. The molecule has 0 bridgehead atoms. The molecule has 0 radical (unpaired) electrons. The van der Waals surface area contributed by atoms with Gasteiger partial charge in [0.2, 0.25) is 5.91 Å². The summed E-state index contributed by atoms with van der Waals surface area (Å²) in [6.07, 6.45) is 3.00. The minimum atomic E-state index is -0.299. The van der Waals surface area contributed by atoms with Gasteiger partial charge in [0.05, 0.1) is 12.6 Å². The van der Waals surface area contributed by atoms with Gasteiger partial charge in [-0.1, -0.05) is 37.3 Å². The highest BCUT2D eigenvalue weighted by molar-refractivity contribution is 5.79. The van der Waals surface area contributed by atoms with E-state index in [1.165, 1.54) is 0 Å². The van der Waals surface area contributed by atoms with E-state index in [2.05, 4.69) is 17.1 Å². The number of likely N-dealkylation sites (tertiary alicyclic amines) is 1. The number of hydrogen-bond donors (Lipinski definition) is 2. The molecule has 0 aliphatic carbocycles. The molecule has 1 aromatic carbocycles. The number of carbonyl (C=O) groups excluding carboxylic acids is 1. The number of carbonyl (C=O) groups is 1. The Morgan fingerprint density at radius 1 is 1.33 bits per heavy atom. The number of aliphatic hydroxyl groups excluding tert-OH is 1. The fourth-order valence-corrected chi connectivity index (χ4v) is 2.94. The van der Waals surface area contributed by atoms with Gasteiger partial charge in [-0.25, -0.2) is 0 Å². The van der Waals surface area contributed by atoms with Crippen molar-refractivity contribution in [1.29, 1.82) is 0 Å². The monoisotopic (exact) mass is 290 g/mol. The Bertz CT molecular complexity index is 428. The van der Waals surface area contributed by atoms with E-state index in [1.54, 1.807) is 0 Å². The van der Waals surface area contributed by atoms with E-state index < -0.39 is 0 Å². The summed E-state index contributed by atoms with van der Waals surface area (Å²) < 4.78 is 0. The van der Waals surface area contributed by atoms with Crippen molar-refractivity contribution in [2.24, 2.45) is 5.92 Å². The molecule has 1 fully saturated rings. The molecule has 2 N–H and O–H groups in total. The van der Waals surface area contributed by atoms with Gasteiger partial charge >= 0.3 is 0 Å². The molecule has 4 heteroatoms. The number of hydrogen-bond acceptors (Lipinski definition) is 3. The predicted octanol–water partition coefficient (Wildman–Crippen LogP) is 1.96. The highest BCUT2D eigenvalue weighted by atomic mass is 16.3. The largest absolute Gasteiger partial charge is 0.394 e. The summed E-state index contributed by atoms with van der Waals surface area (Å²) in [5.74, 6) is 0.157. The average Bonchev–Trinajstić information content (AvgIpc) is 2.54. The van der Waals surface area contributed by atoms with Crippen molar-refractivity contribution in [3.8, 4) is 0 Å². The zero-order chi connectivity index (χ0) is 15.1. The van der Waals surface area contributed by atoms with Crippen LogP contribution in [-0.4, -0.2) is 42.2 Å². The Morgan fingerprint density at radius 3 is 2.57 bits per heavy atom. The maximum atomic E-state index is 12.4. The van der Waals surface area contributed by atoms with Crippen molar-refractivity contribution in [3.63, 3.8) is 0 Å². The first kappa shape index (κ1) is 16.0. The normalized spacial score (nSPS) is 18.4. The third kappa shape index (κ3) is 4.55. The van der Waals surface area contributed by atoms with Crippen LogP contribution in [0.2, 0.25) is 0 Å². The fourth-order valence-electron chi connectivity index (χ4n) is 2.94. The number of nitrogens with zero attached hydrogens (tertiary/aromatic N) is 1. The van der Waals surface area contributed by atoms with Crippen LogP contribution in [0.1, 0.15) is 37.8 Å². The summed E-state index contributed by atoms with van der Waals surface area (Å²) in [6, 6.07) is 9.35. The molecule has 1 aromatic rings. The standard InChI is InChI=1S/C17H26N2O2/c1-2-10-19-11-8-15(9-12-19)17(21)18-16(13-20)14-6-4-3-5-7-14/h3-7,15-16,20H,2,8-13H2,1H3,(H,18,21). The third-order valence-corrected chi connectivity index (χ3v) is 4.20. The van der Waals surface area contributed by atoms with Crippen LogP contribution >= 0.6 is 0 Å². The lowest BCUT2D eigenvalue weighted by molar-refractivity contribution is -0.127. The molecule has 116 valence electrons. The second-order valence-electron chi connectivity index (χ2n) is 5.77. The van der Waals surface area contributed by atoms with Crippen LogP contribution in [0.4, 0.5) is 0 Å². The quantitative estimate of drug-likeness (QED) is 0.842. The van der Waals surface area contributed by atoms with E-state index in [0.717, 1.165) is 44.5 Å². The first-order valence-electron chi connectivity index (χ1n) is 7.93. The summed E-state index contributed by atoms with van der Waals surface area (Å²) in [6.45, 7) is 5.24. The van der Waals surface area contributed by atoms with Crippen LogP contribution in [0.25, 0.3) is 0 Å². The van der Waals surface area contributed by atoms with Crippen molar-refractivity contribution in [2.45, 2.75) is 32.2 Å². The molecule has 4 nitrogen and oxygen atoms in total. The van der Waals surface area contributed by atoms with Gasteiger partial charge < -0.3 is 15.3 Å². The number of nitrogens with one attached hydrogen (secondary N) is 1. The zero-order valence-corrected chi connectivity index (χ0v) is 12.8. The van der Waals surface area contributed by atoms with Gasteiger partial charge in [0.1, 0.15) is 0 Å². The minimum absolute atomic E-state index is 0.0650. The highest BCUT2D eigenvalue weighted by Crippen LogP contribution is 2.19. The number of piperidine rings is 1. The lowest BCUT2D eigenvalue weighted by Crippen LogP contribution is -2.42. The number of rotatable bonds is 6. The Hall–Kier alpha value is -1.39. The molecule has 1 atom stereocenters. The van der Waals surface area contributed by atoms with E-state index in [1.807, 2.05) is 30.3 Å². The Morgan fingerprint density at radius 2 is 2.00 bits per heavy atom. The van der Waals surface area contributed by atoms with E-state index >= 15 is 0 Å². The summed E-state index contributed by atoms with van der Waals surface area (Å²) in [5, 5.41) is 12.5. The van der Waals surface area contributed by atoms with Crippen molar-refractivity contribution in [1.82, 2.24) is 10.2 Å². The molecule has 2 rings (SSSR count). The van der Waals surface area contributed by atoms with Crippen LogP contribution < -0.4 is 5.32 Å². The second-order valence-corrected chi connectivity index (χ2v) is 5.77. The van der Waals surface area contributed by atoms with Crippen molar-refractivity contribution >= 4 is 5.91 Å². The molecule has 1 aliphatic heterocycles. The fraction of sp³-hybridized carbons (Fsp3) is 0.588. The zero-order valence-electron chi connectivity index (χ0n) is 12.8. The van der Waals surface area contributed by atoms with Crippen molar-refractivity contribution in [2.75, 3.05) is 26.2 Å². The van der Waals surface area contributed by atoms with Crippen molar-refractivity contribution in [3.05, 3.63) is 35.9 Å². The lowest BCUT2D eigenvalue weighted by atomic mass is 9.95. The van der Waals surface area contributed by atoms with Crippen molar-refractivity contribution < 1.29 is 9.90 Å². The summed E-state index contributed by atoms with van der Waals surface area (Å²) >= 11 is 0. The first-order valence-corrected chi connectivity index (χ1v) is 7.93. The van der Waals surface area contributed by atoms with Crippen LogP contribution in [0.5, 0.6) is 0 Å². The third-order valence-electron chi connectivity index (χ3n) is 4.20. The van der Waals surface area contributed by atoms with Gasteiger partial charge in [-0.3, -0.25) is 4.79 Å². The predicted molar refractivity (Wildman–Crippen MR) is 83.9 cm³/mol. The molecule has 0 aromatic heterocycles. The first-order chi connectivity index (χ1) is 10.2. The molecule has 0 saturated carbocycles. The van der Waals surface area contributed by atoms with E-state index in [-0.39, 0.29) is 24.5 Å². The Labute approximate surface area is 127 Å². The highest BCUT2D eigenvalue weighted by Gasteiger charge is 2.26. The summed E-state index contributed by atoms with van der Waals surface area (Å²) in [4.78, 5) is 14.8. The average molecular weight is 290 g/mol. The van der Waals surface area contributed by atoms with Gasteiger partial charge in [-0.2, -0.15) is 0 Å². The maximum Gasteiger partial charge on any atom is 0.223 e. The SMILES string of the molecule is CCCN1CCC(C(=O)NC(CO)c2ccccc2)CC1. The van der Waals surface area contributed by atoms with Gasteiger partial charge in [-0.15, -0.1) is 0 Å². The molecule has 0 spiro atoms. The molecule has 1 aliphatic rings. The van der Waals surface area contributed by atoms with Crippen LogP contribution in [-0.2, 0) is 4.79 Å². The molecular weight excluding hydrogens is 264 g/mol. The molecule has 1 amide bonds. The van der Waals surface area contributed by atoms with E-state index in [9.17, 15) is 9.90 Å². The van der Waals surface area contributed by atoms with Crippen LogP contribution in [0, 0.1) is 5.92 Å².